The van der Waals surface area contributed by atoms with E-state index in [1.807, 2.05) is 93.6 Å². The van der Waals surface area contributed by atoms with Crippen LogP contribution in [0.25, 0.3) is 5.57 Å². The smallest absolute Gasteiger partial charge is 0.282 e. The Balaban J connectivity index is 1.84. The standard InChI is InChI=1S/C25H22N2O2/c1-16-9-12-19(13-10-16)22-23(26-20-7-5-4-6-8-20)25(29)27(24(22)28)21-14-11-17(2)15-18(21)3/h4-15,26H,1-3H3. The number of anilines is 2. The highest BCUT2D eigenvalue weighted by Crippen LogP contribution is 2.35. The number of aryl methyl sites for hydroxylation is 3. The van der Waals surface area contributed by atoms with Gasteiger partial charge in [0.25, 0.3) is 11.8 Å². The highest BCUT2D eigenvalue weighted by Gasteiger charge is 2.40. The number of carbonyl (C=O) groups excluding carboxylic acids is 2. The van der Waals surface area contributed by atoms with Crippen molar-refractivity contribution in [3.63, 3.8) is 0 Å². The van der Waals surface area contributed by atoms with Gasteiger partial charge in [0.05, 0.1) is 11.3 Å². The van der Waals surface area contributed by atoms with Gasteiger partial charge in [-0.15, -0.1) is 0 Å². The Morgan fingerprint density at radius 1 is 0.724 bits per heavy atom. The Labute approximate surface area is 170 Å². The molecule has 0 radical (unpaired) electrons. The zero-order valence-electron chi connectivity index (χ0n) is 16.7. The van der Waals surface area contributed by atoms with Gasteiger partial charge in [-0.2, -0.15) is 0 Å². The average molecular weight is 382 g/mol. The van der Waals surface area contributed by atoms with Gasteiger partial charge in [0, 0.05) is 5.69 Å². The van der Waals surface area contributed by atoms with E-state index in [4.69, 9.17) is 0 Å². The third kappa shape index (κ3) is 3.45. The Morgan fingerprint density at radius 3 is 2.03 bits per heavy atom. The van der Waals surface area contributed by atoms with Gasteiger partial charge in [-0.3, -0.25) is 9.59 Å². The number of benzene rings is 3. The van der Waals surface area contributed by atoms with Crippen LogP contribution in [0.4, 0.5) is 11.4 Å². The molecule has 1 N–H and O–H groups in total. The molecule has 4 heteroatoms. The maximum absolute atomic E-state index is 13.4. The molecule has 0 saturated heterocycles. The molecule has 3 aromatic carbocycles. The van der Waals surface area contributed by atoms with E-state index in [-0.39, 0.29) is 11.8 Å². The Hall–Kier alpha value is -3.66. The van der Waals surface area contributed by atoms with Crippen molar-refractivity contribution in [2.45, 2.75) is 20.8 Å². The summed E-state index contributed by atoms with van der Waals surface area (Å²) in [7, 11) is 0. The molecule has 1 heterocycles. The predicted molar refractivity (Wildman–Crippen MR) is 117 cm³/mol. The van der Waals surface area contributed by atoms with E-state index in [1.165, 1.54) is 4.90 Å². The second-order valence-corrected chi connectivity index (χ2v) is 7.34. The number of hydrogen-bond donors (Lipinski definition) is 1. The van der Waals surface area contributed by atoms with Crippen LogP contribution in [0.5, 0.6) is 0 Å². The monoisotopic (exact) mass is 382 g/mol. The molecule has 4 nitrogen and oxygen atoms in total. The molecule has 0 spiro atoms. The highest BCUT2D eigenvalue weighted by molar-refractivity contribution is 6.46. The van der Waals surface area contributed by atoms with Gasteiger partial charge < -0.3 is 5.32 Å². The van der Waals surface area contributed by atoms with Crippen LogP contribution in [-0.2, 0) is 9.59 Å². The molecule has 1 aliphatic heterocycles. The molecule has 0 bridgehead atoms. The first-order valence-electron chi connectivity index (χ1n) is 9.55. The number of amides is 2. The Morgan fingerprint density at radius 2 is 1.38 bits per heavy atom. The van der Waals surface area contributed by atoms with Crippen molar-refractivity contribution in [3.8, 4) is 0 Å². The van der Waals surface area contributed by atoms with Crippen molar-refractivity contribution in [2.24, 2.45) is 0 Å². The maximum Gasteiger partial charge on any atom is 0.282 e. The molecular weight excluding hydrogens is 360 g/mol. The minimum absolute atomic E-state index is 0.296. The van der Waals surface area contributed by atoms with E-state index in [0.717, 1.165) is 27.9 Å². The summed E-state index contributed by atoms with van der Waals surface area (Å²) in [6, 6.07) is 22.8. The molecule has 29 heavy (non-hydrogen) atoms. The van der Waals surface area contributed by atoms with Crippen LogP contribution in [0, 0.1) is 20.8 Å². The van der Waals surface area contributed by atoms with Gasteiger partial charge in [-0.25, -0.2) is 4.90 Å². The first-order chi connectivity index (χ1) is 14.0. The minimum Gasteiger partial charge on any atom is -0.350 e. The second-order valence-electron chi connectivity index (χ2n) is 7.34. The lowest BCUT2D eigenvalue weighted by atomic mass is 10.0. The number of para-hydroxylation sites is 1. The number of imide groups is 1. The summed E-state index contributed by atoms with van der Waals surface area (Å²) in [6.07, 6.45) is 0. The lowest BCUT2D eigenvalue weighted by molar-refractivity contribution is -0.120. The molecule has 4 rings (SSSR count). The first kappa shape index (κ1) is 18.7. The Kier molecular flexibility index (Phi) is 4.77. The molecule has 1 aliphatic rings. The van der Waals surface area contributed by atoms with Gasteiger partial charge in [-0.1, -0.05) is 65.7 Å². The lowest BCUT2D eigenvalue weighted by Crippen LogP contribution is -2.33. The van der Waals surface area contributed by atoms with E-state index in [2.05, 4.69) is 5.32 Å². The average Bonchev–Trinajstić information content (AvgIpc) is 2.94. The summed E-state index contributed by atoms with van der Waals surface area (Å²) in [5.74, 6) is -0.661. The molecule has 3 aromatic rings. The second kappa shape index (κ2) is 7.40. The summed E-state index contributed by atoms with van der Waals surface area (Å²) in [5.41, 5.74) is 5.84. The number of hydrogen-bond acceptors (Lipinski definition) is 3. The van der Waals surface area contributed by atoms with E-state index in [9.17, 15) is 9.59 Å². The molecule has 0 aromatic heterocycles. The molecular formula is C25H22N2O2. The third-order valence-corrected chi connectivity index (χ3v) is 5.06. The van der Waals surface area contributed by atoms with Crippen LogP contribution < -0.4 is 10.2 Å². The summed E-state index contributed by atoms with van der Waals surface area (Å²) < 4.78 is 0. The number of nitrogens with one attached hydrogen (secondary N) is 1. The van der Waals surface area contributed by atoms with Crippen LogP contribution in [0.15, 0.2) is 78.5 Å². The van der Waals surface area contributed by atoms with Crippen molar-refractivity contribution in [1.82, 2.24) is 0 Å². The predicted octanol–water partition coefficient (Wildman–Crippen LogP) is 5.01. The quantitative estimate of drug-likeness (QED) is 0.646. The summed E-state index contributed by atoms with van der Waals surface area (Å²) in [6.45, 7) is 5.89. The summed E-state index contributed by atoms with van der Waals surface area (Å²) >= 11 is 0. The third-order valence-electron chi connectivity index (χ3n) is 5.06. The van der Waals surface area contributed by atoms with Crippen molar-refractivity contribution < 1.29 is 9.59 Å². The van der Waals surface area contributed by atoms with Crippen molar-refractivity contribution >= 4 is 28.8 Å². The van der Waals surface area contributed by atoms with Gasteiger partial charge in [0.1, 0.15) is 5.70 Å². The van der Waals surface area contributed by atoms with E-state index in [1.54, 1.807) is 0 Å². The van der Waals surface area contributed by atoms with E-state index >= 15 is 0 Å². The SMILES string of the molecule is Cc1ccc(C2=C(Nc3ccccc3)C(=O)N(c3ccc(C)cc3C)C2=O)cc1. The van der Waals surface area contributed by atoms with E-state index < -0.39 is 0 Å². The lowest BCUT2D eigenvalue weighted by Gasteiger charge is -2.18. The maximum atomic E-state index is 13.4. The van der Waals surface area contributed by atoms with Crippen LogP contribution in [0.2, 0.25) is 0 Å². The number of carbonyl (C=O) groups is 2. The fourth-order valence-corrected chi connectivity index (χ4v) is 3.57. The van der Waals surface area contributed by atoms with Gasteiger partial charge in [0.2, 0.25) is 0 Å². The van der Waals surface area contributed by atoms with Crippen LogP contribution >= 0.6 is 0 Å². The molecule has 0 saturated carbocycles. The zero-order valence-corrected chi connectivity index (χ0v) is 16.7. The number of nitrogens with zero attached hydrogens (tertiary/aromatic N) is 1. The van der Waals surface area contributed by atoms with Crippen molar-refractivity contribution in [3.05, 3.63) is 101 Å². The molecule has 2 amide bonds. The van der Waals surface area contributed by atoms with Gasteiger partial charge in [0.15, 0.2) is 0 Å². The van der Waals surface area contributed by atoms with Crippen molar-refractivity contribution in [1.29, 1.82) is 0 Å². The normalized spacial score (nSPS) is 14.0. The highest BCUT2D eigenvalue weighted by atomic mass is 16.2. The molecule has 144 valence electrons. The van der Waals surface area contributed by atoms with Crippen LogP contribution in [-0.4, -0.2) is 11.8 Å². The fourth-order valence-electron chi connectivity index (χ4n) is 3.57. The van der Waals surface area contributed by atoms with Crippen LogP contribution in [0.1, 0.15) is 22.3 Å². The molecule has 0 fully saturated rings. The summed E-state index contributed by atoms with van der Waals surface area (Å²) in [4.78, 5) is 28.1. The topological polar surface area (TPSA) is 49.4 Å². The zero-order chi connectivity index (χ0) is 20.5. The molecule has 0 aliphatic carbocycles. The van der Waals surface area contributed by atoms with Gasteiger partial charge in [-0.05, 0) is 50.1 Å². The van der Waals surface area contributed by atoms with Crippen LogP contribution in [0.3, 0.4) is 0 Å². The summed E-state index contributed by atoms with van der Waals surface area (Å²) in [5, 5.41) is 3.18. The first-order valence-corrected chi connectivity index (χ1v) is 9.55. The number of rotatable bonds is 4. The minimum atomic E-state index is -0.346. The van der Waals surface area contributed by atoms with Gasteiger partial charge >= 0.3 is 0 Å². The largest absolute Gasteiger partial charge is 0.350 e. The fraction of sp³-hybridized carbons (Fsp3) is 0.120. The van der Waals surface area contributed by atoms with Crippen molar-refractivity contribution in [2.75, 3.05) is 10.2 Å². The molecule has 0 atom stereocenters. The van der Waals surface area contributed by atoms with E-state index in [0.29, 0.717) is 17.0 Å². The Bertz CT molecular complexity index is 1130. The molecule has 0 unspecified atom stereocenters.